The fourth-order valence-corrected chi connectivity index (χ4v) is 3.03. The fraction of sp³-hybridized carbons (Fsp3) is 0.188. The van der Waals surface area contributed by atoms with E-state index in [0.717, 1.165) is 15.6 Å². The molecule has 108 valence electrons. The molecular weight excluding hydrogens is 332 g/mol. The first-order chi connectivity index (χ1) is 10.1. The number of hydrogen-bond donors (Lipinski definition) is 2. The van der Waals surface area contributed by atoms with E-state index in [1.165, 1.54) is 5.56 Å². The summed E-state index contributed by atoms with van der Waals surface area (Å²) in [6.45, 7) is 2.06. The summed E-state index contributed by atoms with van der Waals surface area (Å²) in [7, 11) is 1.91. The van der Waals surface area contributed by atoms with Crippen LogP contribution in [0.15, 0.2) is 50.1 Å². The number of rotatable bonds is 3. The van der Waals surface area contributed by atoms with Crippen molar-refractivity contribution >= 4 is 27.0 Å². The number of aryl methyl sites for hydroxylation is 1. The second-order valence-corrected chi connectivity index (χ2v) is 5.76. The molecule has 4 nitrogen and oxygen atoms in total. The Hall–Kier alpha value is -1.85. The summed E-state index contributed by atoms with van der Waals surface area (Å²) in [6, 6.07) is 11.9. The highest BCUT2D eigenvalue weighted by Crippen LogP contribution is 2.31. The van der Waals surface area contributed by atoms with Crippen LogP contribution < -0.4 is 11.1 Å². The largest absolute Gasteiger partial charge is 0.417 e. The number of nitrogens with one attached hydrogen (secondary N) is 2. The molecule has 5 heteroatoms. The summed E-state index contributed by atoms with van der Waals surface area (Å²) in [5.41, 5.74) is 4.65. The number of halogens is 1. The molecule has 0 saturated carbocycles. The molecule has 0 aliphatic carbocycles. The van der Waals surface area contributed by atoms with Gasteiger partial charge in [0, 0.05) is 4.47 Å². The molecule has 0 aliphatic rings. The molecule has 0 spiro atoms. The Bertz CT molecular complexity index is 851. The van der Waals surface area contributed by atoms with E-state index in [9.17, 15) is 4.79 Å². The lowest BCUT2D eigenvalue weighted by Gasteiger charge is -2.19. The summed E-state index contributed by atoms with van der Waals surface area (Å²) >= 11 is 3.65. The Morgan fingerprint density at radius 2 is 2.10 bits per heavy atom. The topological polar surface area (TPSA) is 58.0 Å². The van der Waals surface area contributed by atoms with Crippen LogP contribution in [0.1, 0.15) is 22.7 Å². The Morgan fingerprint density at radius 1 is 1.29 bits per heavy atom. The molecule has 0 saturated heterocycles. The van der Waals surface area contributed by atoms with Crippen molar-refractivity contribution in [2.45, 2.75) is 13.0 Å². The van der Waals surface area contributed by atoms with E-state index in [2.05, 4.69) is 45.3 Å². The quantitative estimate of drug-likeness (QED) is 0.762. The fourth-order valence-electron chi connectivity index (χ4n) is 2.54. The average molecular weight is 347 g/mol. The smallest absolute Gasteiger partial charge is 0.408 e. The summed E-state index contributed by atoms with van der Waals surface area (Å²) in [5, 5.41) is 3.31. The number of aromatic nitrogens is 1. The van der Waals surface area contributed by atoms with Crippen LogP contribution in [0, 0.1) is 6.92 Å². The first-order valence-electron chi connectivity index (χ1n) is 6.65. The second kappa shape index (κ2) is 5.50. The summed E-state index contributed by atoms with van der Waals surface area (Å²) in [6.07, 6.45) is 0. The zero-order valence-corrected chi connectivity index (χ0v) is 13.3. The zero-order valence-electron chi connectivity index (χ0n) is 11.7. The van der Waals surface area contributed by atoms with Crippen molar-refractivity contribution in [2.24, 2.45) is 0 Å². The van der Waals surface area contributed by atoms with Gasteiger partial charge in [0.15, 0.2) is 5.58 Å². The molecule has 2 aromatic carbocycles. The SMILES string of the molecule is CNC(c1ccc2[nH]c(=O)oc2c1)c1cccc(C)c1Br. The number of aromatic amines is 1. The zero-order chi connectivity index (χ0) is 15.0. The maximum atomic E-state index is 11.3. The third-order valence-electron chi connectivity index (χ3n) is 3.60. The number of hydrogen-bond acceptors (Lipinski definition) is 3. The Labute approximate surface area is 130 Å². The van der Waals surface area contributed by atoms with Crippen LogP contribution in [0.2, 0.25) is 0 Å². The number of fused-ring (bicyclic) bond motifs is 1. The average Bonchev–Trinajstić information content (AvgIpc) is 2.83. The van der Waals surface area contributed by atoms with Crippen molar-refractivity contribution in [3.05, 3.63) is 68.1 Å². The van der Waals surface area contributed by atoms with E-state index in [-0.39, 0.29) is 6.04 Å². The van der Waals surface area contributed by atoms with Crippen molar-refractivity contribution in [1.29, 1.82) is 0 Å². The third-order valence-corrected chi connectivity index (χ3v) is 4.68. The molecule has 1 unspecified atom stereocenters. The van der Waals surface area contributed by atoms with Crippen LogP contribution in [-0.2, 0) is 0 Å². The lowest BCUT2D eigenvalue weighted by Crippen LogP contribution is -2.18. The lowest BCUT2D eigenvalue weighted by molar-refractivity contribution is 0.554. The predicted octanol–water partition coefficient (Wildman–Crippen LogP) is 3.50. The summed E-state index contributed by atoms with van der Waals surface area (Å²) in [4.78, 5) is 13.9. The number of H-pyrrole nitrogens is 1. The predicted molar refractivity (Wildman–Crippen MR) is 86.6 cm³/mol. The highest BCUT2D eigenvalue weighted by Gasteiger charge is 2.17. The summed E-state index contributed by atoms with van der Waals surface area (Å²) < 4.78 is 6.23. The van der Waals surface area contributed by atoms with Crippen LogP contribution in [0.25, 0.3) is 11.1 Å². The van der Waals surface area contributed by atoms with Gasteiger partial charge in [0.05, 0.1) is 11.6 Å². The maximum absolute atomic E-state index is 11.3. The van der Waals surface area contributed by atoms with Gasteiger partial charge in [-0.15, -0.1) is 0 Å². The first-order valence-corrected chi connectivity index (χ1v) is 7.44. The molecular formula is C16H15BrN2O2. The molecule has 0 fully saturated rings. The molecule has 21 heavy (non-hydrogen) atoms. The highest BCUT2D eigenvalue weighted by molar-refractivity contribution is 9.10. The molecule has 1 atom stereocenters. The van der Waals surface area contributed by atoms with E-state index in [1.807, 2.05) is 31.3 Å². The van der Waals surface area contributed by atoms with Crippen LogP contribution in [-0.4, -0.2) is 12.0 Å². The monoisotopic (exact) mass is 346 g/mol. The van der Waals surface area contributed by atoms with E-state index in [4.69, 9.17) is 4.42 Å². The normalized spacial score (nSPS) is 12.7. The Kier molecular flexibility index (Phi) is 3.69. The minimum Gasteiger partial charge on any atom is -0.408 e. The molecule has 0 radical (unpaired) electrons. The first kappa shape index (κ1) is 14.1. The van der Waals surface area contributed by atoms with E-state index in [1.54, 1.807) is 0 Å². The van der Waals surface area contributed by atoms with Gasteiger partial charge in [0.2, 0.25) is 0 Å². The van der Waals surface area contributed by atoms with Gasteiger partial charge in [-0.05, 0) is 42.8 Å². The molecule has 1 aromatic heterocycles. The molecule has 3 rings (SSSR count). The molecule has 3 aromatic rings. The maximum Gasteiger partial charge on any atom is 0.417 e. The van der Waals surface area contributed by atoms with Gasteiger partial charge >= 0.3 is 5.76 Å². The standard InChI is InChI=1S/C16H15BrN2O2/c1-9-4-3-5-11(14(9)17)15(18-2)10-6-7-12-13(8-10)21-16(20)19-12/h3-8,15,18H,1-2H3,(H,19,20). The molecule has 0 bridgehead atoms. The lowest BCUT2D eigenvalue weighted by atomic mass is 9.97. The highest BCUT2D eigenvalue weighted by atomic mass is 79.9. The minimum atomic E-state index is -0.431. The minimum absolute atomic E-state index is 0.0175. The van der Waals surface area contributed by atoms with Crippen molar-refractivity contribution in [2.75, 3.05) is 7.05 Å². The van der Waals surface area contributed by atoms with Gasteiger partial charge in [-0.1, -0.05) is 40.2 Å². The van der Waals surface area contributed by atoms with E-state index in [0.29, 0.717) is 11.1 Å². The van der Waals surface area contributed by atoms with Gasteiger partial charge in [-0.25, -0.2) is 4.79 Å². The van der Waals surface area contributed by atoms with Gasteiger partial charge < -0.3 is 9.73 Å². The third kappa shape index (κ3) is 2.54. The number of benzene rings is 2. The molecule has 0 aliphatic heterocycles. The molecule has 2 N–H and O–H groups in total. The Balaban J connectivity index is 2.13. The number of oxazole rings is 1. The van der Waals surface area contributed by atoms with Crippen LogP contribution in [0.4, 0.5) is 0 Å². The van der Waals surface area contributed by atoms with Gasteiger partial charge in [-0.3, -0.25) is 4.98 Å². The van der Waals surface area contributed by atoms with E-state index >= 15 is 0 Å². The second-order valence-electron chi connectivity index (χ2n) is 4.97. The van der Waals surface area contributed by atoms with E-state index < -0.39 is 5.76 Å². The van der Waals surface area contributed by atoms with Crippen molar-refractivity contribution in [1.82, 2.24) is 10.3 Å². The van der Waals surface area contributed by atoms with Crippen LogP contribution in [0.5, 0.6) is 0 Å². The van der Waals surface area contributed by atoms with Crippen LogP contribution in [0.3, 0.4) is 0 Å². The van der Waals surface area contributed by atoms with Crippen molar-refractivity contribution in [3.8, 4) is 0 Å². The van der Waals surface area contributed by atoms with Crippen LogP contribution >= 0.6 is 15.9 Å². The molecule has 0 amide bonds. The van der Waals surface area contributed by atoms with Crippen molar-refractivity contribution < 1.29 is 4.42 Å². The Morgan fingerprint density at radius 3 is 2.86 bits per heavy atom. The summed E-state index contributed by atoms with van der Waals surface area (Å²) in [5.74, 6) is -0.431. The van der Waals surface area contributed by atoms with Crippen molar-refractivity contribution in [3.63, 3.8) is 0 Å². The van der Waals surface area contributed by atoms with Gasteiger partial charge in [0.1, 0.15) is 0 Å². The molecule has 1 heterocycles. The van der Waals surface area contributed by atoms with Gasteiger partial charge in [-0.2, -0.15) is 0 Å². The van der Waals surface area contributed by atoms with Gasteiger partial charge in [0.25, 0.3) is 0 Å².